The lowest BCUT2D eigenvalue weighted by Gasteiger charge is -2.10. The zero-order valence-corrected chi connectivity index (χ0v) is 18.9. The molecule has 6 nitrogen and oxygen atoms in total. The second-order valence-electron chi connectivity index (χ2n) is 6.85. The number of ether oxygens (including phenoxy) is 1. The van der Waals surface area contributed by atoms with Gasteiger partial charge in [0.05, 0.1) is 18.5 Å². The number of hydrogen-bond donors (Lipinski definition) is 0. The van der Waals surface area contributed by atoms with Crippen LogP contribution in [0.25, 0.3) is 27.8 Å². The van der Waals surface area contributed by atoms with Gasteiger partial charge < -0.3 is 4.74 Å². The fraction of sp³-hybridized carbons (Fsp3) is 0.0833. The molecule has 0 aliphatic carbocycles. The van der Waals surface area contributed by atoms with Crippen molar-refractivity contribution in [3.05, 3.63) is 90.1 Å². The summed E-state index contributed by atoms with van der Waals surface area (Å²) in [5, 5.41) is 12.8. The van der Waals surface area contributed by atoms with Gasteiger partial charge in [-0.15, -0.1) is 21.5 Å². The fourth-order valence-electron chi connectivity index (χ4n) is 3.22. The van der Waals surface area contributed by atoms with Crippen molar-refractivity contribution in [3.8, 4) is 33.5 Å². The summed E-state index contributed by atoms with van der Waals surface area (Å²) in [5.41, 5.74) is 3.87. The zero-order valence-electron chi connectivity index (χ0n) is 17.3. The van der Waals surface area contributed by atoms with Gasteiger partial charge >= 0.3 is 0 Å². The van der Waals surface area contributed by atoms with Crippen LogP contribution in [0.15, 0.2) is 89.5 Å². The van der Waals surface area contributed by atoms with E-state index in [9.17, 15) is 0 Å². The number of hydrogen-bond acceptors (Lipinski definition) is 7. The number of para-hydroxylation sites is 1. The fourth-order valence-corrected chi connectivity index (χ4v) is 4.96. The van der Waals surface area contributed by atoms with E-state index < -0.39 is 0 Å². The number of methoxy groups -OCH3 is 1. The standard InChI is InChI=1S/C24H19N5OS2/c1-30-20-12-10-17(11-13-20)22-27-28-24(29(22)19-7-3-2-4-8-19)32-16-18-15-31-23(26-18)21-9-5-6-14-25-21/h2-15H,16H2,1H3. The lowest BCUT2D eigenvalue weighted by atomic mass is 10.2. The van der Waals surface area contributed by atoms with Crippen LogP contribution in [0.1, 0.15) is 5.69 Å². The van der Waals surface area contributed by atoms with E-state index >= 15 is 0 Å². The summed E-state index contributed by atoms with van der Waals surface area (Å²) < 4.78 is 7.37. The van der Waals surface area contributed by atoms with E-state index in [-0.39, 0.29) is 0 Å². The minimum Gasteiger partial charge on any atom is -0.497 e. The molecule has 2 aromatic carbocycles. The maximum Gasteiger partial charge on any atom is 0.196 e. The van der Waals surface area contributed by atoms with Crippen LogP contribution >= 0.6 is 23.1 Å². The summed E-state index contributed by atoms with van der Waals surface area (Å²) in [6.07, 6.45) is 1.79. The predicted molar refractivity (Wildman–Crippen MR) is 128 cm³/mol. The molecule has 0 amide bonds. The lowest BCUT2D eigenvalue weighted by Crippen LogP contribution is -1.99. The molecule has 0 fully saturated rings. The molecule has 3 aromatic heterocycles. The molecule has 0 saturated heterocycles. The van der Waals surface area contributed by atoms with Crippen LogP contribution in [0.4, 0.5) is 0 Å². The van der Waals surface area contributed by atoms with Gasteiger partial charge in [-0.3, -0.25) is 9.55 Å². The smallest absolute Gasteiger partial charge is 0.196 e. The van der Waals surface area contributed by atoms with E-state index in [2.05, 4.69) is 37.3 Å². The molecule has 0 atom stereocenters. The SMILES string of the molecule is COc1ccc(-c2nnc(SCc3csc(-c4ccccn4)n3)n2-c2ccccc2)cc1. The Morgan fingerprint density at radius 3 is 2.50 bits per heavy atom. The Bertz CT molecular complexity index is 1300. The van der Waals surface area contributed by atoms with Gasteiger partial charge in [0.25, 0.3) is 0 Å². The second kappa shape index (κ2) is 9.33. The maximum atomic E-state index is 5.29. The minimum atomic E-state index is 0.691. The van der Waals surface area contributed by atoms with Gasteiger partial charge in [-0.05, 0) is 48.5 Å². The maximum absolute atomic E-state index is 5.29. The molecule has 5 rings (SSSR count). The third kappa shape index (κ3) is 4.28. The highest BCUT2D eigenvalue weighted by atomic mass is 32.2. The number of benzene rings is 2. The van der Waals surface area contributed by atoms with Gasteiger partial charge in [0.15, 0.2) is 11.0 Å². The van der Waals surface area contributed by atoms with E-state index in [4.69, 9.17) is 9.72 Å². The van der Waals surface area contributed by atoms with Gasteiger partial charge in [-0.2, -0.15) is 0 Å². The third-order valence-corrected chi connectivity index (χ3v) is 6.66. The molecule has 0 saturated carbocycles. The second-order valence-corrected chi connectivity index (χ2v) is 8.65. The molecule has 0 radical (unpaired) electrons. The number of pyridine rings is 1. The van der Waals surface area contributed by atoms with Crippen molar-refractivity contribution in [2.24, 2.45) is 0 Å². The Kier molecular flexibility index (Phi) is 5.96. The largest absolute Gasteiger partial charge is 0.497 e. The van der Waals surface area contributed by atoms with E-state index in [0.29, 0.717) is 5.75 Å². The highest BCUT2D eigenvalue weighted by Gasteiger charge is 2.17. The summed E-state index contributed by atoms with van der Waals surface area (Å²) in [7, 11) is 1.66. The Morgan fingerprint density at radius 2 is 1.75 bits per heavy atom. The minimum absolute atomic E-state index is 0.691. The topological polar surface area (TPSA) is 65.7 Å². The first-order valence-corrected chi connectivity index (χ1v) is 11.8. The van der Waals surface area contributed by atoms with E-state index in [1.807, 2.05) is 60.7 Å². The van der Waals surface area contributed by atoms with Crippen molar-refractivity contribution < 1.29 is 4.74 Å². The quantitative estimate of drug-likeness (QED) is 0.290. The van der Waals surface area contributed by atoms with Crippen molar-refractivity contribution >= 4 is 23.1 Å². The Morgan fingerprint density at radius 1 is 0.938 bits per heavy atom. The van der Waals surface area contributed by atoms with Crippen molar-refractivity contribution in [2.75, 3.05) is 7.11 Å². The Labute approximate surface area is 194 Å². The van der Waals surface area contributed by atoms with E-state index in [1.165, 1.54) is 0 Å². The molecule has 0 aliphatic rings. The van der Waals surface area contributed by atoms with Crippen molar-refractivity contribution in [3.63, 3.8) is 0 Å². The average molecular weight is 458 g/mol. The first kappa shape index (κ1) is 20.4. The third-order valence-electron chi connectivity index (χ3n) is 4.78. The van der Waals surface area contributed by atoms with Gasteiger partial charge in [0, 0.05) is 28.6 Å². The van der Waals surface area contributed by atoms with Crippen LogP contribution < -0.4 is 4.74 Å². The molecule has 0 aliphatic heterocycles. The van der Waals surface area contributed by atoms with E-state index in [0.717, 1.165) is 44.4 Å². The molecule has 0 bridgehead atoms. The van der Waals surface area contributed by atoms with E-state index in [1.54, 1.807) is 36.4 Å². The molecule has 8 heteroatoms. The Hall–Kier alpha value is -3.49. The summed E-state index contributed by atoms with van der Waals surface area (Å²) >= 11 is 3.22. The van der Waals surface area contributed by atoms with Crippen LogP contribution in [0.3, 0.4) is 0 Å². The number of rotatable bonds is 7. The summed E-state index contributed by atoms with van der Waals surface area (Å²) in [4.78, 5) is 9.14. The first-order chi connectivity index (χ1) is 15.8. The highest BCUT2D eigenvalue weighted by molar-refractivity contribution is 7.98. The normalized spacial score (nSPS) is 10.9. The average Bonchev–Trinajstić information content (AvgIpc) is 3.51. The van der Waals surface area contributed by atoms with Gasteiger partial charge in [0.1, 0.15) is 10.8 Å². The number of nitrogens with zero attached hydrogens (tertiary/aromatic N) is 5. The summed E-state index contributed by atoms with van der Waals surface area (Å²) in [6, 6.07) is 23.9. The first-order valence-electron chi connectivity index (χ1n) is 9.96. The summed E-state index contributed by atoms with van der Waals surface area (Å²) in [6.45, 7) is 0. The van der Waals surface area contributed by atoms with Crippen LogP contribution in [0, 0.1) is 0 Å². The zero-order chi connectivity index (χ0) is 21.8. The molecule has 0 N–H and O–H groups in total. The number of thiazole rings is 1. The van der Waals surface area contributed by atoms with Crippen molar-refractivity contribution in [1.29, 1.82) is 0 Å². The van der Waals surface area contributed by atoms with Gasteiger partial charge in [0.2, 0.25) is 0 Å². The monoisotopic (exact) mass is 457 g/mol. The molecule has 0 unspecified atom stereocenters. The van der Waals surface area contributed by atoms with Crippen LogP contribution in [-0.2, 0) is 5.75 Å². The van der Waals surface area contributed by atoms with Crippen LogP contribution in [0.2, 0.25) is 0 Å². The number of aromatic nitrogens is 5. The van der Waals surface area contributed by atoms with Crippen LogP contribution in [-0.4, -0.2) is 31.8 Å². The van der Waals surface area contributed by atoms with Crippen molar-refractivity contribution in [1.82, 2.24) is 24.7 Å². The van der Waals surface area contributed by atoms with Gasteiger partial charge in [-0.1, -0.05) is 36.0 Å². The predicted octanol–water partition coefficient (Wildman–Crippen LogP) is 5.75. The molecule has 5 aromatic rings. The Balaban J connectivity index is 1.44. The number of thioether (sulfide) groups is 1. The summed E-state index contributed by atoms with van der Waals surface area (Å²) in [5.74, 6) is 2.28. The molecule has 158 valence electrons. The molecule has 3 heterocycles. The van der Waals surface area contributed by atoms with Crippen molar-refractivity contribution in [2.45, 2.75) is 10.9 Å². The highest BCUT2D eigenvalue weighted by Crippen LogP contribution is 2.31. The lowest BCUT2D eigenvalue weighted by molar-refractivity contribution is 0.415. The molecular weight excluding hydrogens is 438 g/mol. The molecule has 32 heavy (non-hydrogen) atoms. The van der Waals surface area contributed by atoms with Gasteiger partial charge in [-0.25, -0.2) is 4.98 Å². The molecule has 0 spiro atoms. The van der Waals surface area contributed by atoms with Crippen LogP contribution in [0.5, 0.6) is 5.75 Å². The molecular formula is C24H19N5OS2.